The van der Waals surface area contributed by atoms with Crippen molar-refractivity contribution in [2.75, 3.05) is 0 Å². The van der Waals surface area contributed by atoms with Crippen LogP contribution in [0.2, 0.25) is 5.28 Å². The summed E-state index contributed by atoms with van der Waals surface area (Å²) in [6, 6.07) is 0. The molecule has 0 atom stereocenters. The summed E-state index contributed by atoms with van der Waals surface area (Å²) < 4.78 is 0. The summed E-state index contributed by atoms with van der Waals surface area (Å²) in [5, 5.41) is 0.296. The van der Waals surface area contributed by atoms with E-state index < -0.39 is 0 Å². The fourth-order valence-electron chi connectivity index (χ4n) is 0.867. The number of halogens is 1. The molecule has 0 bridgehead atoms. The number of hydrogen-bond acceptors (Lipinski definition) is 3. The van der Waals surface area contributed by atoms with Crippen molar-refractivity contribution >= 4 is 17.8 Å². The fraction of sp³-hybridized carbons (Fsp3) is 0.167. The molecule has 0 fully saturated rings. The smallest absolute Gasteiger partial charge is 0.222 e. The molecule has 0 radical (unpaired) electrons. The second kappa shape index (κ2) is 2.02. The van der Waals surface area contributed by atoms with Gasteiger partial charge in [0.15, 0.2) is 0 Å². The van der Waals surface area contributed by atoms with E-state index in [1.807, 2.05) is 0 Å². The minimum absolute atomic E-state index is 0.296. The molecule has 0 saturated heterocycles. The van der Waals surface area contributed by atoms with Crippen molar-refractivity contribution in [1.82, 2.24) is 9.97 Å². The third-order valence-corrected chi connectivity index (χ3v) is 1.52. The summed E-state index contributed by atoms with van der Waals surface area (Å²) in [6.07, 6.45) is 3.44. The Balaban J connectivity index is 2.59. The van der Waals surface area contributed by atoms with Gasteiger partial charge in [0.25, 0.3) is 0 Å². The molecule has 50 valence electrons. The molecule has 2 heterocycles. The molecule has 0 saturated carbocycles. The summed E-state index contributed by atoms with van der Waals surface area (Å²) in [5.41, 5.74) is 1.89. The second-order valence-corrected chi connectivity index (χ2v) is 2.35. The molecule has 4 heteroatoms. The first-order valence-electron chi connectivity index (χ1n) is 2.87. The quantitative estimate of drug-likeness (QED) is 0.523. The summed E-state index contributed by atoms with van der Waals surface area (Å²) in [7, 11) is 0. The molecule has 1 aromatic rings. The Bertz CT molecular complexity index is 295. The van der Waals surface area contributed by atoms with Crippen LogP contribution < -0.4 is 0 Å². The molecule has 1 aliphatic heterocycles. The Morgan fingerprint density at radius 3 is 3.30 bits per heavy atom. The highest BCUT2D eigenvalue weighted by atomic mass is 35.5. The number of nitrogens with zero attached hydrogens (tertiary/aromatic N) is 3. The zero-order valence-electron chi connectivity index (χ0n) is 5.08. The number of rotatable bonds is 0. The lowest BCUT2D eigenvalue weighted by Gasteiger charge is -1.93. The topological polar surface area (TPSA) is 38.1 Å². The van der Waals surface area contributed by atoms with Crippen molar-refractivity contribution in [2.45, 2.75) is 6.54 Å². The van der Waals surface area contributed by atoms with Gasteiger partial charge < -0.3 is 0 Å². The van der Waals surface area contributed by atoms with Crippen molar-refractivity contribution in [2.24, 2.45) is 4.99 Å². The fourth-order valence-corrected chi connectivity index (χ4v) is 1.02. The largest absolute Gasteiger partial charge is 0.286 e. The van der Waals surface area contributed by atoms with E-state index in [2.05, 4.69) is 15.0 Å². The molecule has 10 heavy (non-hydrogen) atoms. The van der Waals surface area contributed by atoms with Gasteiger partial charge in [-0.15, -0.1) is 0 Å². The maximum absolute atomic E-state index is 5.55. The Morgan fingerprint density at radius 2 is 2.40 bits per heavy atom. The van der Waals surface area contributed by atoms with Crippen LogP contribution in [0.3, 0.4) is 0 Å². The van der Waals surface area contributed by atoms with E-state index in [1.165, 1.54) is 0 Å². The third kappa shape index (κ3) is 0.789. The van der Waals surface area contributed by atoms with E-state index in [-0.39, 0.29) is 0 Å². The Kier molecular flexibility index (Phi) is 1.17. The summed E-state index contributed by atoms with van der Waals surface area (Å²) in [4.78, 5) is 11.8. The molecule has 3 nitrogen and oxygen atoms in total. The molecule has 2 rings (SSSR count). The van der Waals surface area contributed by atoms with Crippen LogP contribution >= 0.6 is 11.6 Å². The highest BCUT2D eigenvalue weighted by Gasteiger charge is 2.07. The second-order valence-electron chi connectivity index (χ2n) is 2.01. The molecule has 0 aliphatic carbocycles. The van der Waals surface area contributed by atoms with E-state index in [0.717, 1.165) is 11.3 Å². The van der Waals surface area contributed by atoms with Crippen molar-refractivity contribution in [3.8, 4) is 0 Å². The lowest BCUT2D eigenvalue weighted by atomic mass is 10.3. The van der Waals surface area contributed by atoms with Crippen molar-refractivity contribution < 1.29 is 0 Å². The van der Waals surface area contributed by atoms with Gasteiger partial charge in [0.1, 0.15) is 0 Å². The minimum Gasteiger partial charge on any atom is -0.286 e. The van der Waals surface area contributed by atoms with E-state index >= 15 is 0 Å². The molecule has 1 aliphatic rings. The molecule has 0 unspecified atom stereocenters. The van der Waals surface area contributed by atoms with Crippen LogP contribution in [0, 0.1) is 0 Å². The maximum Gasteiger partial charge on any atom is 0.222 e. The predicted molar refractivity (Wildman–Crippen MR) is 38.3 cm³/mol. The van der Waals surface area contributed by atoms with Crippen LogP contribution in [-0.2, 0) is 6.54 Å². The van der Waals surface area contributed by atoms with Crippen molar-refractivity contribution in [1.29, 1.82) is 0 Å². The van der Waals surface area contributed by atoms with Crippen LogP contribution in [0.25, 0.3) is 0 Å². The monoisotopic (exact) mass is 153 g/mol. The number of fused-ring (bicyclic) bond motifs is 1. The lowest BCUT2D eigenvalue weighted by molar-refractivity contribution is 0.994. The Hall–Kier alpha value is -0.960. The van der Waals surface area contributed by atoms with Crippen molar-refractivity contribution in [3.05, 3.63) is 22.7 Å². The zero-order valence-corrected chi connectivity index (χ0v) is 5.84. The van der Waals surface area contributed by atoms with Gasteiger partial charge in [-0.05, 0) is 11.6 Å². The van der Waals surface area contributed by atoms with E-state index in [0.29, 0.717) is 11.8 Å². The SMILES string of the molecule is Clc1ncc2c(n1)CN=C2. The first-order valence-corrected chi connectivity index (χ1v) is 3.25. The lowest BCUT2D eigenvalue weighted by Crippen LogP contribution is -1.91. The Morgan fingerprint density at radius 1 is 1.50 bits per heavy atom. The Labute approximate surface area is 62.8 Å². The van der Waals surface area contributed by atoms with Gasteiger partial charge in [0.05, 0.1) is 12.2 Å². The minimum atomic E-state index is 0.296. The number of aromatic nitrogens is 2. The van der Waals surface area contributed by atoms with E-state index in [9.17, 15) is 0 Å². The van der Waals surface area contributed by atoms with Gasteiger partial charge in [-0.3, -0.25) is 4.99 Å². The van der Waals surface area contributed by atoms with E-state index in [4.69, 9.17) is 11.6 Å². The molecule has 0 amide bonds. The first-order chi connectivity index (χ1) is 4.86. The van der Waals surface area contributed by atoms with Crippen LogP contribution in [-0.4, -0.2) is 16.2 Å². The summed E-state index contributed by atoms with van der Waals surface area (Å²) in [5.74, 6) is 0. The summed E-state index contributed by atoms with van der Waals surface area (Å²) in [6.45, 7) is 0.636. The normalized spacial score (nSPS) is 13.7. The maximum atomic E-state index is 5.55. The van der Waals surface area contributed by atoms with Crippen LogP contribution in [0.15, 0.2) is 11.2 Å². The van der Waals surface area contributed by atoms with Gasteiger partial charge in [-0.1, -0.05) is 0 Å². The zero-order chi connectivity index (χ0) is 6.97. The van der Waals surface area contributed by atoms with Gasteiger partial charge in [0.2, 0.25) is 5.28 Å². The average Bonchev–Trinajstić information content (AvgIpc) is 2.33. The molecular formula is C6H4ClN3. The first kappa shape index (κ1) is 5.80. The molecular weight excluding hydrogens is 150 g/mol. The summed E-state index contributed by atoms with van der Waals surface area (Å²) >= 11 is 5.55. The van der Waals surface area contributed by atoms with Crippen molar-refractivity contribution in [3.63, 3.8) is 0 Å². The highest BCUT2D eigenvalue weighted by Crippen LogP contribution is 2.11. The average molecular weight is 154 g/mol. The molecule has 0 N–H and O–H groups in total. The van der Waals surface area contributed by atoms with Gasteiger partial charge >= 0.3 is 0 Å². The molecule has 1 aromatic heterocycles. The van der Waals surface area contributed by atoms with E-state index in [1.54, 1.807) is 12.4 Å². The number of aliphatic imine (C=N–C) groups is 1. The highest BCUT2D eigenvalue weighted by molar-refractivity contribution is 6.28. The van der Waals surface area contributed by atoms with Crippen LogP contribution in [0.4, 0.5) is 0 Å². The standard InChI is InChI=1S/C6H4ClN3/c7-6-9-2-4-1-8-3-5(4)10-6/h1-2H,3H2. The molecule has 0 aromatic carbocycles. The van der Waals surface area contributed by atoms with Gasteiger partial charge in [-0.25, -0.2) is 9.97 Å². The molecule has 0 spiro atoms. The van der Waals surface area contributed by atoms with Gasteiger partial charge in [0, 0.05) is 18.0 Å². The third-order valence-electron chi connectivity index (χ3n) is 1.34. The van der Waals surface area contributed by atoms with Crippen LogP contribution in [0.5, 0.6) is 0 Å². The van der Waals surface area contributed by atoms with Gasteiger partial charge in [-0.2, -0.15) is 0 Å². The predicted octanol–water partition coefficient (Wildman–Crippen LogP) is 1.06. The van der Waals surface area contributed by atoms with Crippen LogP contribution in [0.1, 0.15) is 11.3 Å². The number of hydrogen-bond donors (Lipinski definition) is 0.